The lowest BCUT2D eigenvalue weighted by atomic mass is 10.1. The van der Waals surface area contributed by atoms with Gasteiger partial charge in [0.05, 0.1) is 31.0 Å². The predicted octanol–water partition coefficient (Wildman–Crippen LogP) is 1.84. The van der Waals surface area contributed by atoms with E-state index in [-0.39, 0.29) is 12.6 Å². The highest BCUT2D eigenvalue weighted by Crippen LogP contribution is 2.20. The molecule has 0 radical (unpaired) electrons. The quantitative estimate of drug-likeness (QED) is 0.692. The van der Waals surface area contributed by atoms with Gasteiger partial charge < -0.3 is 14.8 Å². The molecule has 1 atom stereocenters. The summed E-state index contributed by atoms with van der Waals surface area (Å²) in [5, 5.41) is 17.5. The van der Waals surface area contributed by atoms with Crippen LogP contribution in [0.25, 0.3) is 11.0 Å². The zero-order valence-electron chi connectivity index (χ0n) is 12.4. The molecule has 7 nitrogen and oxygen atoms in total. The maximum Gasteiger partial charge on any atom is 0.163 e. The van der Waals surface area contributed by atoms with E-state index in [4.69, 9.17) is 9.52 Å². The lowest BCUT2D eigenvalue weighted by molar-refractivity contribution is 0.271. The summed E-state index contributed by atoms with van der Waals surface area (Å²) in [4.78, 5) is 8.54. The first-order valence-electron chi connectivity index (χ1n) is 7.34. The van der Waals surface area contributed by atoms with Gasteiger partial charge in [-0.2, -0.15) is 5.10 Å². The van der Waals surface area contributed by atoms with Crippen LogP contribution in [0.5, 0.6) is 0 Å². The van der Waals surface area contributed by atoms with Crippen LogP contribution in [0, 0.1) is 0 Å². The second-order valence-electron chi connectivity index (χ2n) is 5.21. The molecule has 3 heterocycles. The number of anilines is 1. The van der Waals surface area contributed by atoms with Gasteiger partial charge in [-0.1, -0.05) is 0 Å². The Hall–Kier alpha value is -2.41. The van der Waals surface area contributed by atoms with Crippen molar-refractivity contribution in [1.29, 1.82) is 0 Å². The Morgan fingerprint density at radius 1 is 1.41 bits per heavy atom. The van der Waals surface area contributed by atoms with Crippen molar-refractivity contribution in [2.75, 3.05) is 11.9 Å². The molecule has 7 heteroatoms. The summed E-state index contributed by atoms with van der Waals surface area (Å²) in [5.74, 6) is 1.75. The molecule has 0 bridgehead atoms. The van der Waals surface area contributed by atoms with Gasteiger partial charge >= 0.3 is 0 Å². The molecule has 0 saturated heterocycles. The van der Waals surface area contributed by atoms with Crippen LogP contribution in [0.4, 0.5) is 5.82 Å². The number of aromatic nitrogens is 4. The third-order valence-electron chi connectivity index (χ3n) is 3.53. The second-order valence-corrected chi connectivity index (χ2v) is 5.21. The third-order valence-corrected chi connectivity index (χ3v) is 3.53. The van der Waals surface area contributed by atoms with Crippen molar-refractivity contribution >= 4 is 16.9 Å². The van der Waals surface area contributed by atoms with Crippen molar-refractivity contribution in [3.63, 3.8) is 0 Å². The number of nitrogens with zero attached hydrogens (tertiary/aromatic N) is 4. The van der Waals surface area contributed by atoms with Crippen molar-refractivity contribution < 1.29 is 9.52 Å². The monoisotopic (exact) mass is 301 g/mol. The van der Waals surface area contributed by atoms with Gasteiger partial charge in [-0.05, 0) is 25.5 Å². The summed E-state index contributed by atoms with van der Waals surface area (Å²) in [6.07, 6.45) is 6.74. The van der Waals surface area contributed by atoms with E-state index in [0.29, 0.717) is 6.54 Å². The smallest absolute Gasteiger partial charge is 0.163 e. The fourth-order valence-corrected chi connectivity index (χ4v) is 2.39. The zero-order valence-corrected chi connectivity index (χ0v) is 12.4. The average molecular weight is 301 g/mol. The summed E-state index contributed by atoms with van der Waals surface area (Å²) < 4.78 is 7.02. The molecule has 3 rings (SSSR count). The SMILES string of the molecule is C[C@@H](CCc1ccco1)Nc1ncnc2c1cnn2CCO. The second kappa shape index (κ2) is 6.57. The number of hydrogen-bond donors (Lipinski definition) is 2. The Morgan fingerprint density at radius 2 is 2.32 bits per heavy atom. The maximum absolute atomic E-state index is 9.04. The van der Waals surface area contributed by atoms with Crippen LogP contribution < -0.4 is 5.32 Å². The highest BCUT2D eigenvalue weighted by Gasteiger charge is 2.12. The van der Waals surface area contributed by atoms with E-state index in [1.165, 1.54) is 6.33 Å². The molecule has 0 saturated carbocycles. The van der Waals surface area contributed by atoms with E-state index >= 15 is 0 Å². The van der Waals surface area contributed by atoms with Crippen LogP contribution in [0.2, 0.25) is 0 Å². The van der Waals surface area contributed by atoms with Gasteiger partial charge in [0, 0.05) is 12.5 Å². The van der Waals surface area contributed by atoms with E-state index in [9.17, 15) is 0 Å². The van der Waals surface area contributed by atoms with E-state index in [1.807, 2.05) is 12.1 Å². The first-order chi connectivity index (χ1) is 10.8. The number of fused-ring (bicyclic) bond motifs is 1. The molecular weight excluding hydrogens is 282 g/mol. The lowest BCUT2D eigenvalue weighted by Gasteiger charge is -2.14. The van der Waals surface area contributed by atoms with Gasteiger partial charge in [0.15, 0.2) is 5.65 Å². The number of aliphatic hydroxyl groups is 1. The van der Waals surface area contributed by atoms with Crippen LogP contribution in [0.1, 0.15) is 19.1 Å². The van der Waals surface area contributed by atoms with Crippen LogP contribution in [0.3, 0.4) is 0 Å². The van der Waals surface area contributed by atoms with E-state index in [2.05, 4.69) is 27.3 Å². The minimum Gasteiger partial charge on any atom is -0.469 e. The Labute approximate surface area is 128 Å². The Balaban J connectivity index is 1.70. The minimum absolute atomic E-state index is 0.0308. The first kappa shape index (κ1) is 14.5. The lowest BCUT2D eigenvalue weighted by Crippen LogP contribution is -2.17. The fraction of sp³-hybridized carbons (Fsp3) is 0.400. The van der Waals surface area contributed by atoms with Gasteiger partial charge in [0.25, 0.3) is 0 Å². The Morgan fingerprint density at radius 3 is 3.09 bits per heavy atom. The van der Waals surface area contributed by atoms with Crippen LogP contribution >= 0.6 is 0 Å². The number of furan rings is 1. The standard InChI is InChI=1S/C15H19N5O2/c1-11(4-5-12-3-2-8-22-12)19-14-13-9-18-20(6-7-21)15(13)17-10-16-14/h2-3,8-11,21H,4-7H2,1H3,(H,16,17,19)/t11-/m0/s1. The van der Waals surface area contributed by atoms with E-state index in [1.54, 1.807) is 17.1 Å². The molecule has 0 fully saturated rings. The van der Waals surface area contributed by atoms with Crippen LogP contribution in [-0.4, -0.2) is 37.5 Å². The highest BCUT2D eigenvalue weighted by atomic mass is 16.3. The molecule has 22 heavy (non-hydrogen) atoms. The van der Waals surface area contributed by atoms with Gasteiger partial charge in [-0.3, -0.25) is 0 Å². The highest BCUT2D eigenvalue weighted by molar-refractivity contribution is 5.86. The predicted molar refractivity (Wildman–Crippen MR) is 82.5 cm³/mol. The third kappa shape index (κ3) is 3.09. The molecule has 0 amide bonds. The first-order valence-corrected chi connectivity index (χ1v) is 7.34. The van der Waals surface area contributed by atoms with Crippen molar-refractivity contribution in [3.8, 4) is 0 Å². The number of aliphatic hydroxyl groups excluding tert-OH is 1. The molecule has 0 aliphatic rings. The molecule has 116 valence electrons. The van der Waals surface area contributed by atoms with Gasteiger partial charge in [-0.25, -0.2) is 14.6 Å². The summed E-state index contributed by atoms with van der Waals surface area (Å²) in [6, 6.07) is 4.12. The average Bonchev–Trinajstić information content (AvgIpc) is 3.16. The normalized spacial score (nSPS) is 12.6. The molecule has 0 aromatic carbocycles. The molecule has 0 unspecified atom stereocenters. The summed E-state index contributed by atoms with van der Waals surface area (Å²) in [6.45, 7) is 2.56. The molecule has 0 aliphatic heterocycles. The van der Waals surface area contributed by atoms with Crippen LogP contribution in [-0.2, 0) is 13.0 Å². The van der Waals surface area contributed by atoms with Crippen molar-refractivity contribution in [2.24, 2.45) is 0 Å². The Kier molecular flexibility index (Phi) is 4.34. The molecule has 3 aromatic heterocycles. The number of rotatable bonds is 7. The largest absolute Gasteiger partial charge is 0.469 e. The number of nitrogens with one attached hydrogen (secondary N) is 1. The summed E-state index contributed by atoms with van der Waals surface area (Å²) in [7, 11) is 0. The molecule has 2 N–H and O–H groups in total. The van der Waals surface area contributed by atoms with Crippen LogP contribution in [0.15, 0.2) is 35.3 Å². The minimum atomic E-state index is 0.0308. The topological polar surface area (TPSA) is 89.0 Å². The van der Waals surface area contributed by atoms with Gasteiger partial charge in [0.2, 0.25) is 0 Å². The van der Waals surface area contributed by atoms with E-state index in [0.717, 1.165) is 35.5 Å². The molecule has 0 aliphatic carbocycles. The van der Waals surface area contributed by atoms with Crippen molar-refractivity contribution in [2.45, 2.75) is 32.4 Å². The number of aryl methyl sites for hydroxylation is 1. The Bertz CT molecular complexity index is 723. The molecule has 3 aromatic rings. The fourth-order valence-electron chi connectivity index (χ4n) is 2.39. The zero-order chi connectivity index (χ0) is 15.4. The summed E-state index contributed by atoms with van der Waals surface area (Å²) >= 11 is 0. The van der Waals surface area contributed by atoms with Crippen molar-refractivity contribution in [3.05, 3.63) is 36.7 Å². The van der Waals surface area contributed by atoms with Crippen molar-refractivity contribution in [1.82, 2.24) is 19.7 Å². The van der Waals surface area contributed by atoms with Gasteiger partial charge in [-0.15, -0.1) is 0 Å². The summed E-state index contributed by atoms with van der Waals surface area (Å²) in [5.41, 5.74) is 0.727. The molecular formula is C15H19N5O2. The van der Waals surface area contributed by atoms with E-state index < -0.39 is 0 Å². The number of hydrogen-bond acceptors (Lipinski definition) is 6. The maximum atomic E-state index is 9.04. The van der Waals surface area contributed by atoms with Gasteiger partial charge in [0.1, 0.15) is 17.9 Å². The molecule has 0 spiro atoms.